The minimum atomic E-state index is -0.434. The summed E-state index contributed by atoms with van der Waals surface area (Å²) in [5.74, 6) is 2.37. The summed E-state index contributed by atoms with van der Waals surface area (Å²) in [6.45, 7) is 1.81. The molecule has 0 spiro atoms. The summed E-state index contributed by atoms with van der Waals surface area (Å²) in [6, 6.07) is 0. The average Bonchev–Trinajstić information content (AvgIpc) is 2.90. The van der Waals surface area contributed by atoms with Gasteiger partial charge in [-0.25, -0.2) is 4.39 Å². The van der Waals surface area contributed by atoms with Gasteiger partial charge in [-0.05, 0) is 86.0 Å². The highest BCUT2D eigenvalue weighted by molar-refractivity contribution is 5.28. The van der Waals surface area contributed by atoms with E-state index in [0.29, 0.717) is 17.8 Å². The van der Waals surface area contributed by atoms with Crippen LogP contribution in [0.3, 0.4) is 0 Å². The highest BCUT2D eigenvalue weighted by Gasteiger charge is 2.54. The number of halogens is 1. The molecule has 4 aliphatic carbocycles. The zero-order valence-corrected chi connectivity index (χ0v) is 14.1. The molecule has 0 aliphatic heterocycles. The van der Waals surface area contributed by atoms with Gasteiger partial charge in [0, 0.05) is 0 Å². The lowest BCUT2D eigenvalue weighted by molar-refractivity contribution is 0.0131. The third-order valence-electron chi connectivity index (χ3n) is 7.67. The summed E-state index contributed by atoms with van der Waals surface area (Å²) in [5, 5.41) is 19.2. The van der Waals surface area contributed by atoms with Gasteiger partial charge in [0.2, 0.25) is 0 Å². The first-order valence-electron chi connectivity index (χ1n) is 9.40. The highest BCUT2D eigenvalue weighted by Crippen LogP contribution is 2.63. The van der Waals surface area contributed by atoms with Gasteiger partial charge in [-0.1, -0.05) is 18.6 Å². The summed E-state index contributed by atoms with van der Waals surface area (Å²) < 4.78 is 14.2. The molecule has 4 rings (SSSR count). The Balaban J connectivity index is 1.63. The van der Waals surface area contributed by atoms with E-state index in [4.69, 9.17) is 0 Å². The Morgan fingerprint density at radius 1 is 1.26 bits per heavy atom. The van der Waals surface area contributed by atoms with Crippen LogP contribution in [0.25, 0.3) is 0 Å². The number of hydrogen-bond acceptors (Lipinski definition) is 2. The molecular formula is C20H29FO2. The number of aliphatic hydroxyl groups excluding tert-OH is 2. The van der Waals surface area contributed by atoms with E-state index in [2.05, 4.69) is 13.0 Å². The van der Waals surface area contributed by atoms with E-state index in [1.165, 1.54) is 12.0 Å². The van der Waals surface area contributed by atoms with Crippen molar-refractivity contribution in [1.29, 1.82) is 0 Å². The van der Waals surface area contributed by atoms with Gasteiger partial charge in [0.25, 0.3) is 0 Å². The number of hydrogen-bond donors (Lipinski definition) is 2. The van der Waals surface area contributed by atoms with Crippen molar-refractivity contribution >= 4 is 0 Å². The SMILES string of the molecule is C[C@]12CC[C@H]3[C@@H](CC=C4C[C@@H](O)CC[C@@H]43)[C@@H]1CCC2=C(F)CO. The number of rotatable bonds is 1. The lowest BCUT2D eigenvalue weighted by Gasteiger charge is -2.52. The Hall–Kier alpha value is -0.670. The van der Waals surface area contributed by atoms with Crippen molar-refractivity contribution in [3.8, 4) is 0 Å². The van der Waals surface area contributed by atoms with Crippen LogP contribution in [0.5, 0.6) is 0 Å². The zero-order valence-electron chi connectivity index (χ0n) is 14.1. The van der Waals surface area contributed by atoms with Crippen molar-refractivity contribution < 1.29 is 14.6 Å². The molecule has 0 aromatic rings. The van der Waals surface area contributed by atoms with Crippen LogP contribution in [0.2, 0.25) is 0 Å². The van der Waals surface area contributed by atoms with Crippen LogP contribution in [-0.2, 0) is 0 Å². The van der Waals surface area contributed by atoms with Crippen LogP contribution in [0, 0.1) is 29.1 Å². The van der Waals surface area contributed by atoms with E-state index < -0.39 is 6.61 Å². The maximum Gasteiger partial charge on any atom is 0.125 e. The molecule has 0 saturated heterocycles. The fourth-order valence-corrected chi connectivity index (χ4v) is 6.60. The van der Waals surface area contributed by atoms with E-state index >= 15 is 0 Å². The second-order valence-corrected chi connectivity index (χ2v) is 8.53. The Morgan fingerprint density at radius 3 is 2.87 bits per heavy atom. The maximum atomic E-state index is 14.2. The minimum absolute atomic E-state index is 0.0342. The van der Waals surface area contributed by atoms with E-state index in [9.17, 15) is 14.6 Å². The summed E-state index contributed by atoms with van der Waals surface area (Å²) in [7, 11) is 0. The zero-order chi connectivity index (χ0) is 16.2. The Kier molecular flexibility index (Phi) is 3.92. The molecule has 3 fully saturated rings. The topological polar surface area (TPSA) is 40.5 Å². The lowest BCUT2D eigenvalue weighted by Crippen LogP contribution is -2.45. The second kappa shape index (κ2) is 5.70. The molecule has 4 aliphatic rings. The molecule has 2 nitrogen and oxygen atoms in total. The molecule has 0 unspecified atom stereocenters. The van der Waals surface area contributed by atoms with Crippen molar-refractivity contribution in [1.82, 2.24) is 0 Å². The van der Waals surface area contributed by atoms with Crippen molar-refractivity contribution in [3.63, 3.8) is 0 Å². The van der Waals surface area contributed by atoms with Gasteiger partial charge >= 0.3 is 0 Å². The summed E-state index contributed by atoms with van der Waals surface area (Å²) in [6.07, 6.45) is 10.5. The minimum Gasteiger partial charge on any atom is -0.393 e. The summed E-state index contributed by atoms with van der Waals surface area (Å²) in [5.41, 5.74) is 2.38. The van der Waals surface area contributed by atoms with Gasteiger partial charge in [0.05, 0.1) is 12.7 Å². The van der Waals surface area contributed by atoms with Crippen LogP contribution in [-0.4, -0.2) is 22.9 Å². The highest BCUT2D eigenvalue weighted by atomic mass is 19.1. The first kappa shape index (κ1) is 15.8. The summed E-state index contributed by atoms with van der Waals surface area (Å²) in [4.78, 5) is 0. The van der Waals surface area contributed by atoms with Crippen LogP contribution in [0.15, 0.2) is 23.0 Å². The Bertz CT molecular complexity index is 552. The number of allylic oxidation sites excluding steroid dienone is 2. The quantitative estimate of drug-likeness (QED) is 0.713. The third kappa shape index (κ3) is 2.34. The fourth-order valence-electron chi connectivity index (χ4n) is 6.60. The molecule has 6 atom stereocenters. The first-order valence-corrected chi connectivity index (χ1v) is 9.40. The van der Waals surface area contributed by atoms with Gasteiger partial charge < -0.3 is 10.2 Å². The van der Waals surface area contributed by atoms with Crippen LogP contribution >= 0.6 is 0 Å². The molecule has 0 aromatic carbocycles. The van der Waals surface area contributed by atoms with Gasteiger partial charge in [-0.2, -0.15) is 0 Å². The molecule has 2 N–H and O–H groups in total. The Morgan fingerprint density at radius 2 is 2.09 bits per heavy atom. The molecule has 3 saturated carbocycles. The molecule has 23 heavy (non-hydrogen) atoms. The molecule has 0 radical (unpaired) electrons. The standard InChI is InChI=1S/C20H29FO2/c1-20-9-8-15-14-5-3-13(23)10-12(14)2-4-16(15)17(20)6-7-18(20)19(21)11-22/h2,13-17,22-23H,3-11H2,1H3/t13-,14-,15+,16+,17-,20-/m0/s1. The van der Waals surface area contributed by atoms with E-state index in [1.807, 2.05) is 0 Å². The van der Waals surface area contributed by atoms with E-state index in [1.54, 1.807) is 0 Å². The van der Waals surface area contributed by atoms with Crippen molar-refractivity contribution in [2.24, 2.45) is 29.1 Å². The third-order valence-corrected chi connectivity index (χ3v) is 7.67. The molecule has 128 valence electrons. The van der Waals surface area contributed by atoms with Gasteiger partial charge in [0.15, 0.2) is 0 Å². The van der Waals surface area contributed by atoms with Gasteiger partial charge in [-0.15, -0.1) is 0 Å². The maximum absolute atomic E-state index is 14.2. The van der Waals surface area contributed by atoms with Gasteiger partial charge in [-0.3, -0.25) is 0 Å². The van der Waals surface area contributed by atoms with Crippen LogP contribution < -0.4 is 0 Å². The van der Waals surface area contributed by atoms with E-state index in [0.717, 1.165) is 56.4 Å². The summed E-state index contributed by atoms with van der Waals surface area (Å²) >= 11 is 0. The lowest BCUT2D eigenvalue weighted by atomic mass is 9.52. The largest absolute Gasteiger partial charge is 0.393 e. The molecule has 0 bridgehead atoms. The molecule has 0 amide bonds. The smallest absolute Gasteiger partial charge is 0.125 e. The first-order chi connectivity index (χ1) is 11.0. The van der Waals surface area contributed by atoms with Crippen LogP contribution in [0.1, 0.15) is 58.3 Å². The predicted octanol–water partition coefficient (Wildman–Crippen LogP) is 4.14. The van der Waals surface area contributed by atoms with Crippen molar-refractivity contribution in [2.45, 2.75) is 64.4 Å². The predicted molar refractivity (Wildman–Crippen MR) is 88.3 cm³/mol. The average molecular weight is 320 g/mol. The number of aliphatic hydroxyl groups is 2. The fraction of sp³-hybridized carbons (Fsp3) is 0.800. The molecule has 0 heterocycles. The van der Waals surface area contributed by atoms with Crippen LogP contribution in [0.4, 0.5) is 4.39 Å². The van der Waals surface area contributed by atoms with Gasteiger partial charge in [0.1, 0.15) is 5.83 Å². The molecule has 3 heteroatoms. The van der Waals surface area contributed by atoms with E-state index in [-0.39, 0.29) is 17.3 Å². The normalized spacial score (nSPS) is 48.2. The number of fused-ring (bicyclic) bond motifs is 5. The molecular weight excluding hydrogens is 291 g/mol. The Labute approximate surface area is 138 Å². The van der Waals surface area contributed by atoms with Crippen molar-refractivity contribution in [3.05, 3.63) is 23.0 Å². The monoisotopic (exact) mass is 320 g/mol. The second-order valence-electron chi connectivity index (χ2n) is 8.53. The molecule has 0 aromatic heterocycles. The van der Waals surface area contributed by atoms with Crippen molar-refractivity contribution in [2.75, 3.05) is 6.61 Å².